The van der Waals surface area contributed by atoms with E-state index in [1.165, 1.54) is 5.01 Å². The number of hydrogen-bond donors (Lipinski definition) is 0. The van der Waals surface area contributed by atoms with Gasteiger partial charge in [-0.3, -0.25) is 5.01 Å². The summed E-state index contributed by atoms with van der Waals surface area (Å²) in [7, 11) is 1.76. The summed E-state index contributed by atoms with van der Waals surface area (Å²) in [6.45, 7) is 6.11. The molecule has 0 N–H and O–H groups in total. The highest BCUT2D eigenvalue weighted by molar-refractivity contribution is 6.48. The van der Waals surface area contributed by atoms with Gasteiger partial charge < -0.3 is 4.74 Å². The average Bonchev–Trinajstić information content (AvgIpc) is 2.62. The lowest BCUT2D eigenvalue weighted by molar-refractivity contribution is 0.0708. The first kappa shape index (κ1) is 17.7. The molecule has 0 radical (unpaired) electrons. The summed E-state index contributed by atoms with van der Waals surface area (Å²) in [6.07, 6.45) is -0.469. The molecule has 2 aromatic carbocycles. The zero-order valence-electron chi connectivity index (χ0n) is 15.4. The highest BCUT2D eigenvalue weighted by Crippen LogP contribution is 2.24. The summed E-state index contributed by atoms with van der Waals surface area (Å²) < 4.78 is 5.13. The van der Waals surface area contributed by atoms with Crippen molar-refractivity contribution in [2.24, 2.45) is 9.98 Å². The molecule has 134 valence electrons. The minimum Gasteiger partial charge on any atom is -0.448 e. The summed E-state index contributed by atoms with van der Waals surface area (Å²) in [5.74, 6) is 1.08. The Kier molecular flexibility index (Phi) is 5.02. The maximum atomic E-state index is 12.3. The van der Waals surface area contributed by atoms with E-state index < -0.39 is 6.09 Å². The van der Waals surface area contributed by atoms with Gasteiger partial charge in [-0.25, -0.2) is 14.8 Å². The standard InChI is InChI=1S/C20H22N4O2/c1-5-26-20(25)24-19(22-17-12-8-15(3)9-13-17)18(23(24)4)21-16-10-6-14(2)7-11-16/h6-13H,5H2,1-4H3. The van der Waals surface area contributed by atoms with Crippen LogP contribution in [-0.4, -0.2) is 41.4 Å². The number of likely N-dealkylation sites (N-methyl/N-ethyl adjacent to an activating group) is 1. The Balaban J connectivity index is 1.98. The van der Waals surface area contributed by atoms with Crippen LogP contribution >= 0.6 is 0 Å². The van der Waals surface area contributed by atoms with Gasteiger partial charge in [-0.15, -0.1) is 0 Å². The Bertz CT molecular complexity index is 854. The number of hydrogen-bond acceptors (Lipinski definition) is 4. The van der Waals surface area contributed by atoms with E-state index >= 15 is 0 Å². The van der Waals surface area contributed by atoms with E-state index in [-0.39, 0.29) is 0 Å². The Labute approximate surface area is 153 Å². The van der Waals surface area contributed by atoms with Crippen molar-refractivity contribution in [3.05, 3.63) is 59.7 Å². The third-order valence-corrected chi connectivity index (χ3v) is 3.99. The molecule has 1 saturated heterocycles. The fourth-order valence-corrected chi connectivity index (χ4v) is 2.53. The van der Waals surface area contributed by atoms with Crippen molar-refractivity contribution in [2.45, 2.75) is 20.8 Å². The summed E-state index contributed by atoms with van der Waals surface area (Å²) in [5, 5.41) is 3.03. The van der Waals surface area contributed by atoms with Crippen LogP contribution in [0.3, 0.4) is 0 Å². The van der Waals surface area contributed by atoms with Gasteiger partial charge in [0, 0.05) is 7.05 Å². The van der Waals surface area contributed by atoms with Gasteiger partial charge in [0.25, 0.3) is 0 Å². The van der Waals surface area contributed by atoms with E-state index in [4.69, 9.17) is 4.74 Å². The molecule has 1 heterocycles. The van der Waals surface area contributed by atoms with Gasteiger partial charge in [0.1, 0.15) is 0 Å². The number of benzene rings is 2. The molecule has 1 fully saturated rings. The lowest BCUT2D eigenvalue weighted by atomic mass is 10.2. The molecule has 0 atom stereocenters. The largest absolute Gasteiger partial charge is 0.448 e. The first-order chi connectivity index (χ1) is 12.5. The van der Waals surface area contributed by atoms with Crippen molar-refractivity contribution < 1.29 is 9.53 Å². The van der Waals surface area contributed by atoms with Gasteiger partial charge >= 0.3 is 6.09 Å². The molecule has 1 aliphatic rings. The predicted molar refractivity (Wildman–Crippen MR) is 103 cm³/mol. The van der Waals surface area contributed by atoms with Crippen LogP contribution in [0.5, 0.6) is 0 Å². The lowest BCUT2D eigenvalue weighted by Gasteiger charge is -2.42. The van der Waals surface area contributed by atoms with Crippen molar-refractivity contribution >= 4 is 29.1 Å². The number of ether oxygens (including phenoxy) is 1. The highest BCUT2D eigenvalue weighted by atomic mass is 16.6. The number of carbonyl (C=O) groups excluding carboxylic acids is 1. The number of amides is 1. The maximum absolute atomic E-state index is 12.3. The SMILES string of the molecule is CCOC(=O)N1C(=Nc2ccc(C)cc2)C(=Nc2ccc(C)cc2)N1C. The third-order valence-electron chi connectivity index (χ3n) is 3.99. The normalized spacial score (nSPS) is 16.8. The molecule has 6 nitrogen and oxygen atoms in total. The molecule has 6 heteroatoms. The van der Waals surface area contributed by atoms with Crippen LogP contribution < -0.4 is 0 Å². The van der Waals surface area contributed by atoms with Crippen LogP contribution in [0.4, 0.5) is 16.2 Å². The number of amidine groups is 2. The number of aryl methyl sites for hydroxylation is 2. The van der Waals surface area contributed by atoms with Crippen molar-refractivity contribution in [1.82, 2.24) is 10.0 Å². The Morgan fingerprint density at radius 2 is 1.35 bits per heavy atom. The minimum atomic E-state index is -0.469. The van der Waals surface area contributed by atoms with E-state index in [0.29, 0.717) is 18.3 Å². The van der Waals surface area contributed by atoms with Gasteiger partial charge in [-0.05, 0) is 45.0 Å². The van der Waals surface area contributed by atoms with E-state index in [1.54, 1.807) is 19.0 Å². The Morgan fingerprint density at radius 3 is 1.81 bits per heavy atom. The van der Waals surface area contributed by atoms with E-state index in [2.05, 4.69) is 9.98 Å². The topological polar surface area (TPSA) is 57.5 Å². The molecule has 3 rings (SSSR count). The Morgan fingerprint density at radius 1 is 0.885 bits per heavy atom. The second kappa shape index (κ2) is 7.39. The van der Waals surface area contributed by atoms with E-state index in [0.717, 1.165) is 22.5 Å². The number of hydrazine groups is 1. The smallest absolute Gasteiger partial charge is 0.435 e. The second-order valence-electron chi connectivity index (χ2n) is 6.08. The third kappa shape index (κ3) is 3.59. The summed E-state index contributed by atoms with van der Waals surface area (Å²) in [6, 6.07) is 15.6. The average molecular weight is 350 g/mol. The van der Waals surface area contributed by atoms with Gasteiger partial charge in [-0.1, -0.05) is 35.4 Å². The number of carbonyl (C=O) groups is 1. The first-order valence-electron chi connectivity index (χ1n) is 8.51. The van der Waals surface area contributed by atoms with Crippen molar-refractivity contribution in [3.8, 4) is 0 Å². The van der Waals surface area contributed by atoms with Crippen molar-refractivity contribution in [2.75, 3.05) is 13.7 Å². The van der Waals surface area contributed by atoms with Gasteiger partial charge in [-0.2, -0.15) is 5.01 Å². The van der Waals surface area contributed by atoms with Crippen molar-refractivity contribution in [3.63, 3.8) is 0 Å². The second-order valence-corrected chi connectivity index (χ2v) is 6.08. The quantitative estimate of drug-likeness (QED) is 0.825. The highest BCUT2D eigenvalue weighted by Gasteiger charge is 2.42. The molecule has 26 heavy (non-hydrogen) atoms. The molecule has 1 aliphatic heterocycles. The van der Waals surface area contributed by atoms with Crippen LogP contribution in [0.25, 0.3) is 0 Å². The number of aliphatic imine (C=N–C) groups is 2. The zero-order valence-corrected chi connectivity index (χ0v) is 15.4. The molecule has 0 bridgehead atoms. The van der Waals surface area contributed by atoms with Gasteiger partial charge in [0.15, 0.2) is 5.84 Å². The maximum Gasteiger partial charge on any atom is 0.435 e. The summed E-state index contributed by atoms with van der Waals surface area (Å²) in [4.78, 5) is 21.5. The fourth-order valence-electron chi connectivity index (χ4n) is 2.53. The molecule has 1 amide bonds. The van der Waals surface area contributed by atoms with Gasteiger partial charge in [0.05, 0.1) is 18.0 Å². The van der Waals surface area contributed by atoms with Crippen LogP contribution in [-0.2, 0) is 4.74 Å². The van der Waals surface area contributed by atoms with Gasteiger partial charge in [0.2, 0.25) is 5.84 Å². The molecular formula is C20H22N4O2. The predicted octanol–water partition coefficient (Wildman–Crippen LogP) is 4.38. The Hall–Kier alpha value is -3.15. The minimum absolute atomic E-state index is 0.297. The summed E-state index contributed by atoms with van der Waals surface area (Å²) in [5.41, 5.74) is 3.87. The molecule has 0 aromatic heterocycles. The van der Waals surface area contributed by atoms with E-state index in [1.807, 2.05) is 62.4 Å². The molecular weight excluding hydrogens is 328 g/mol. The van der Waals surface area contributed by atoms with Crippen molar-refractivity contribution in [1.29, 1.82) is 0 Å². The molecule has 2 aromatic rings. The molecule has 0 aliphatic carbocycles. The molecule has 0 spiro atoms. The molecule has 0 saturated carbocycles. The van der Waals surface area contributed by atoms with Crippen LogP contribution in [0.2, 0.25) is 0 Å². The first-order valence-corrected chi connectivity index (χ1v) is 8.51. The number of rotatable bonds is 3. The van der Waals surface area contributed by atoms with Crippen LogP contribution in [0, 0.1) is 13.8 Å². The lowest BCUT2D eigenvalue weighted by Crippen LogP contribution is -2.66. The zero-order chi connectivity index (χ0) is 18.7. The monoisotopic (exact) mass is 350 g/mol. The van der Waals surface area contributed by atoms with Crippen LogP contribution in [0.1, 0.15) is 18.1 Å². The van der Waals surface area contributed by atoms with Crippen LogP contribution in [0.15, 0.2) is 58.5 Å². The summed E-state index contributed by atoms with van der Waals surface area (Å²) >= 11 is 0. The number of nitrogens with zero attached hydrogens (tertiary/aromatic N) is 4. The fraction of sp³-hybridized carbons (Fsp3) is 0.250. The molecule has 0 unspecified atom stereocenters. The van der Waals surface area contributed by atoms with E-state index in [9.17, 15) is 4.79 Å².